The lowest BCUT2D eigenvalue weighted by Gasteiger charge is -2.20. The van der Waals surface area contributed by atoms with Crippen LogP contribution in [0.4, 0.5) is 0 Å². The first kappa shape index (κ1) is 15.8. The number of methoxy groups -OCH3 is 1. The molecule has 1 amide bonds. The molecule has 1 heterocycles. The van der Waals surface area contributed by atoms with E-state index < -0.39 is 0 Å². The summed E-state index contributed by atoms with van der Waals surface area (Å²) in [5, 5.41) is 3.04. The van der Waals surface area contributed by atoms with Gasteiger partial charge < -0.3 is 19.5 Å². The highest BCUT2D eigenvalue weighted by atomic mass is 16.5. The topological polar surface area (TPSA) is 56.8 Å². The third-order valence-electron chi connectivity index (χ3n) is 3.54. The van der Waals surface area contributed by atoms with Crippen molar-refractivity contribution in [3.8, 4) is 5.75 Å². The number of benzene rings is 1. The van der Waals surface area contributed by atoms with Crippen molar-refractivity contribution in [2.45, 2.75) is 19.4 Å². The number of hydrogen-bond acceptors (Lipinski definition) is 4. The molecular weight excluding hydrogens is 270 g/mol. The monoisotopic (exact) mass is 293 g/mol. The average molecular weight is 293 g/mol. The molecule has 0 aliphatic carbocycles. The van der Waals surface area contributed by atoms with Gasteiger partial charge in [0.15, 0.2) is 0 Å². The molecular formula is C16H23NO4. The van der Waals surface area contributed by atoms with E-state index in [4.69, 9.17) is 14.2 Å². The Bertz CT molecular complexity index is 440. The van der Waals surface area contributed by atoms with Gasteiger partial charge in [-0.15, -0.1) is 0 Å². The van der Waals surface area contributed by atoms with Crippen LogP contribution in [0.3, 0.4) is 0 Å². The molecule has 0 radical (unpaired) electrons. The van der Waals surface area contributed by atoms with E-state index in [1.807, 2.05) is 31.2 Å². The minimum atomic E-state index is -0.154. The zero-order valence-electron chi connectivity index (χ0n) is 12.6. The molecule has 2 unspecified atom stereocenters. The number of hydrogen-bond donors (Lipinski definition) is 1. The largest absolute Gasteiger partial charge is 0.494 e. The minimum absolute atomic E-state index is 0.0310. The van der Waals surface area contributed by atoms with Crippen LogP contribution in [-0.2, 0) is 14.3 Å². The fourth-order valence-corrected chi connectivity index (χ4v) is 2.38. The van der Waals surface area contributed by atoms with Gasteiger partial charge in [0.25, 0.3) is 0 Å². The summed E-state index contributed by atoms with van der Waals surface area (Å²) in [6.07, 6.45) is 0.787. The van der Waals surface area contributed by atoms with Crippen molar-refractivity contribution < 1.29 is 19.0 Å². The van der Waals surface area contributed by atoms with Crippen LogP contribution in [0.2, 0.25) is 0 Å². The van der Waals surface area contributed by atoms with Crippen LogP contribution in [0.15, 0.2) is 24.3 Å². The number of ether oxygens (including phenoxy) is 3. The minimum Gasteiger partial charge on any atom is -0.494 e. The Balaban J connectivity index is 2.01. The van der Waals surface area contributed by atoms with Gasteiger partial charge in [-0.25, -0.2) is 0 Å². The van der Waals surface area contributed by atoms with E-state index in [-0.39, 0.29) is 17.9 Å². The predicted molar refractivity (Wildman–Crippen MR) is 79.3 cm³/mol. The molecule has 1 N–H and O–H groups in total. The molecule has 5 heteroatoms. The molecule has 5 nitrogen and oxygen atoms in total. The van der Waals surface area contributed by atoms with Gasteiger partial charge in [0.1, 0.15) is 5.75 Å². The number of amides is 1. The summed E-state index contributed by atoms with van der Waals surface area (Å²) in [6.45, 7) is 4.20. The summed E-state index contributed by atoms with van der Waals surface area (Å²) in [5.74, 6) is 0.809. The maximum Gasteiger partial charge on any atom is 0.226 e. The van der Waals surface area contributed by atoms with Crippen LogP contribution in [0.1, 0.15) is 24.9 Å². The van der Waals surface area contributed by atoms with Crippen LogP contribution in [0.25, 0.3) is 0 Å². The van der Waals surface area contributed by atoms with Gasteiger partial charge in [-0.2, -0.15) is 0 Å². The highest BCUT2D eigenvalue weighted by Crippen LogP contribution is 2.20. The predicted octanol–water partition coefficient (Wildman–Crippen LogP) is 1.93. The summed E-state index contributed by atoms with van der Waals surface area (Å²) in [7, 11) is 1.63. The van der Waals surface area contributed by atoms with Crippen molar-refractivity contribution in [3.63, 3.8) is 0 Å². The van der Waals surface area contributed by atoms with Crippen molar-refractivity contribution in [1.29, 1.82) is 0 Å². The molecule has 0 aromatic heterocycles. The Morgan fingerprint density at radius 2 is 2.19 bits per heavy atom. The lowest BCUT2D eigenvalue weighted by molar-refractivity contribution is -0.126. The Labute approximate surface area is 125 Å². The quantitative estimate of drug-likeness (QED) is 0.834. The summed E-state index contributed by atoms with van der Waals surface area (Å²) in [5.41, 5.74) is 1.01. The van der Waals surface area contributed by atoms with Gasteiger partial charge in [0.05, 0.1) is 31.8 Å². The van der Waals surface area contributed by atoms with E-state index >= 15 is 0 Å². The highest BCUT2D eigenvalue weighted by Gasteiger charge is 2.26. The van der Waals surface area contributed by atoms with Gasteiger partial charge in [-0.3, -0.25) is 4.79 Å². The molecule has 1 aliphatic rings. The molecule has 116 valence electrons. The summed E-state index contributed by atoms with van der Waals surface area (Å²) in [4.78, 5) is 12.2. The first-order chi connectivity index (χ1) is 10.2. The van der Waals surface area contributed by atoms with Crippen molar-refractivity contribution in [2.75, 3.05) is 33.5 Å². The van der Waals surface area contributed by atoms with Crippen molar-refractivity contribution in [3.05, 3.63) is 29.8 Å². The van der Waals surface area contributed by atoms with Crippen LogP contribution in [-0.4, -0.2) is 39.4 Å². The molecule has 1 fully saturated rings. The van der Waals surface area contributed by atoms with Crippen LogP contribution < -0.4 is 10.1 Å². The van der Waals surface area contributed by atoms with Crippen LogP contribution in [0.5, 0.6) is 5.75 Å². The molecule has 2 atom stereocenters. The SMILES string of the molecule is CCOc1ccc(C(COC)NC(=O)C2CCOC2)cc1. The van der Waals surface area contributed by atoms with E-state index in [1.54, 1.807) is 7.11 Å². The van der Waals surface area contributed by atoms with E-state index in [2.05, 4.69) is 5.32 Å². The fourth-order valence-electron chi connectivity index (χ4n) is 2.38. The fraction of sp³-hybridized carbons (Fsp3) is 0.562. The smallest absolute Gasteiger partial charge is 0.226 e. The van der Waals surface area contributed by atoms with E-state index in [1.165, 1.54) is 0 Å². The number of rotatable bonds is 7. The molecule has 1 aromatic carbocycles. The van der Waals surface area contributed by atoms with Crippen LogP contribution >= 0.6 is 0 Å². The third-order valence-corrected chi connectivity index (χ3v) is 3.54. The standard InChI is InChI=1S/C16H23NO4/c1-3-21-14-6-4-12(5-7-14)15(11-19-2)17-16(18)13-8-9-20-10-13/h4-7,13,15H,3,8-11H2,1-2H3,(H,17,18). The lowest BCUT2D eigenvalue weighted by Crippen LogP contribution is -2.36. The van der Waals surface area contributed by atoms with Gasteiger partial charge in [0, 0.05) is 13.7 Å². The van der Waals surface area contributed by atoms with E-state index in [9.17, 15) is 4.79 Å². The Kier molecular flexibility index (Phi) is 6.02. The van der Waals surface area contributed by atoms with Gasteiger partial charge in [-0.05, 0) is 31.0 Å². The summed E-state index contributed by atoms with van der Waals surface area (Å²) < 4.78 is 15.9. The highest BCUT2D eigenvalue weighted by molar-refractivity contribution is 5.79. The average Bonchev–Trinajstić information content (AvgIpc) is 3.02. The molecule has 0 saturated carbocycles. The first-order valence-corrected chi connectivity index (χ1v) is 7.34. The van der Waals surface area contributed by atoms with Crippen molar-refractivity contribution >= 4 is 5.91 Å². The first-order valence-electron chi connectivity index (χ1n) is 7.34. The summed E-state index contributed by atoms with van der Waals surface area (Å²) >= 11 is 0. The second-order valence-electron chi connectivity index (χ2n) is 5.08. The van der Waals surface area contributed by atoms with E-state index in [0.29, 0.717) is 26.4 Å². The van der Waals surface area contributed by atoms with Crippen LogP contribution in [0, 0.1) is 5.92 Å². The van der Waals surface area contributed by atoms with Gasteiger partial charge >= 0.3 is 0 Å². The Morgan fingerprint density at radius 3 is 2.76 bits per heavy atom. The lowest BCUT2D eigenvalue weighted by atomic mass is 10.0. The Hall–Kier alpha value is -1.59. The van der Waals surface area contributed by atoms with Crippen molar-refractivity contribution in [2.24, 2.45) is 5.92 Å². The number of carbonyl (C=O) groups excluding carboxylic acids is 1. The normalized spacial score (nSPS) is 19.2. The molecule has 0 spiro atoms. The van der Waals surface area contributed by atoms with E-state index in [0.717, 1.165) is 17.7 Å². The van der Waals surface area contributed by atoms with Crippen molar-refractivity contribution in [1.82, 2.24) is 5.32 Å². The molecule has 1 saturated heterocycles. The zero-order chi connectivity index (χ0) is 15.1. The maximum absolute atomic E-state index is 12.2. The molecule has 1 aromatic rings. The van der Waals surface area contributed by atoms with Gasteiger partial charge in [0.2, 0.25) is 5.91 Å². The maximum atomic E-state index is 12.2. The number of nitrogens with one attached hydrogen (secondary N) is 1. The molecule has 0 bridgehead atoms. The second-order valence-corrected chi connectivity index (χ2v) is 5.08. The van der Waals surface area contributed by atoms with Gasteiger partial charge in [-0.1, -0.05) is 12.1 Å². The molecule has 1 aliphatic heterocycles. The molecule has 2 rings (SSSR count). The molecule has 21 heavy (non-hydrogen) atoms. The zero-order valence-corrected chi connectivity index (χ0v) is 12.6. The second kappa shape index (κ2) is 8.00. The summed E-state index contributed by atoms with van der Waals surface area (Å²) in [6, 6.07) is 7.58. The number of carbonyl (C=O) groups is 1. The Morgan fingerprint density at radius 1 is 1.43 bits per heavy atom. The third kappa shape index (κ3) is 4.44.